The van der Waals surface area contributed by atoms with Gasteiger partial charge in [-0.05, 0) is 34.5 Å². The molecule has 5 heteroatoms. The summed E-state index contributed by atoms with van der Waals surface area (Å²) in [6.45, 7) is 2.10. The van der Waals surface area contributed by atoms with E-state index in [0.29, 0.717) is 5.82 Å². The van der Waals surface area contributed by atoms with Gasteiger partial charge in [-0.2, -0.15) is 0 Å². The molecule has 0 atom stereocenters. The first-order valence-electron chi connectivity index (χ1n) is 5.03. The van der Waals surface area contributed by atoms with Crippen LogP contribution in [0.15, 0.2) is 21.1 Å². The molecule has 1 aromatic heterocycles. The van der Waals surface area contributed by atoms with Gasteiger partial charge < -0.3 is 5.73 Å². The summed E-state index contributed by atoms with van der Waals surface area (Å²) < 4.78 is 1.90. The molecule has 16 heavy (non-hydrogen) atoms. The average molecular weight is 345 g/mol. The van der Waals surface area contributed by atoms with E-state index in [0.717, 1.165) is 38.5 Å². The average Bonchev–Trinajstić information content (AvgIpc) is 2.20. The fourth-order valence-electron chi connectivity index (χ4n) is 1.56. The lowest BCUT2D eigenvalue weighted by molar-refractivity contribution is 0.846. The van der Waals surface area contributed by atoms with Crippen LogP contribution in [0.25, 0.3) is 10.9 Å². The van der Waals surface area contributed by atoms with Crippen LogP contribution >= 0.6 is 31.9 Å². The highest BCUT2D eigenvalue weighted by molar-refractivity contribution is 9.11. The normalized spacial score (nSPS) is 10.9. The Balaban J connectivity index is 2.71. The summed E-state index contributed by atoms with van der Waals surface area (Å²) in [5.41, 5.74) is 6.81. The molecule has 0 saturated carbocycles. The molecule has 0 aliphatic carbocycles. The molecule has 0 bridgehead atoms. The van der Waals surface area contributed by atoms with Crippen molar-refractivity contribution in [3.63, 3.8) is 0 Å². The van der Waals surface area contributed by atoms with Gasteiger partial charge in [0.1, 0.15) is 11.6 Å². The second-order valence-corrected chi connectivity index (χ2v) is 5.33. The Labute approximate surface area is 111 Å². The van der Waals surface area contributed by atoms with Crippen molar-refractivity contribution in [3.8, 4) is 0 Å². The van der Waals surface area contributed by atoms with Gasteiger partial charge in [0.05, 0.1) is 5.52 Å². The number of hydrogen-bond acceptors (Lipinski definition) is 3. The number of nitrogens with zero attached hydrogens (tertiary/aromatic N) is 2. The molecule has 2 aromatic rings. The number of hydrogen-bond donors (Lipinski definition) is 1. The van der Waals surface area contributed by atoms with Crippen molar-refractivity contribution >= 4 is 48.6 Å². The van der Waals surface area contributed by atoms with Crippen LogP contribution in [-0.4, -0.2) is 9.97 Å². The highest BCUT2D eigenvalue weighted by atomic mass is 79.9. The molecule has 0 saturated heterocycles. The Morgan fingerprint density at radius 1 is 1.25 bits per heavy atom. The number of fused-ring (bicyclic) bond motifs is 1. The lowest BCUT2D eigenvalue weighted by Gasteiger charge is -2.06. The van der Waals surface area contributed by atoms with E-state index in [4.69, 9.17) is 5.73 Å². The second-order valence-electron chi connectivity index (χ2n) is 3.56. The van der Waals surface area contributed by atoms with Crippen molar-refractivity contribution in [2.24, 2.45) is 0 Å². The molecule has 1 aromatic carbocycles. The van der Waals surface area contributed by atoms with Crippen LogP contribution in [0.3, 0.4) is 0 Å². The first-order chi connectivity index (χ1) is 7.61. The molecule has 0 aliphatic rings. The van der Waals surface area contributed by atoms with Gasteiger partial charge in [-0.15, -0.1) is 0 Å². The molecule has 2 N–H and O–H groups in total. The summed E-state index contributed by atoms with van der Waals surface area (Å²) in [6.07, 6.45) is 1.86. The van der Waals surface area contributed by atoms with Crippen molar-refractivity contribution in [1.82, 2.24) is 9.97 Å². The van der Waals surface area contributed by atoms with Gasteiger partial charge in [0.2, 0.25) is 0 Å². The maximum Gasteiger partial charge on any atom is 0.135 e. The molecule has 2 rings (SSSR count). The standard InChI is InChI=1S/C11H11Br2N3/c1-2-3-9-15-10-7(11(14)16-9)4-6(12)5-8(10)13/h4-5H,2-3H2,1H3,(H2,14,15,16). The molecule has 0 aliphatic heterocycles. The Bertz CT molecular complexity index is 540. The van der Waals surface area contributed by atoms with Gasteiger partial charge in [-0.1, -0.05) is 22.9 Å². The molecule has 0 radical (unpaired) electrons. The zero-order valence-corrected chi connectivity index (χ0v) is 12.0. The minimum atomic E-state index is 0.537. The maximum atomic E-state index is 5.93. The van der Waals surface area contributed by atoms with Crippen LogP contribution in [-0.2, 0) is 6.42 Å². The van der Waals surface area contributed by atoms with E-state index in [1.807, 2.05) is 12.1 Å². The van der Waals surface area contributed by atoms with E-state index >= 15 is 0 Å². The third kappa shape index (κ3) is 2.20. The molecule has 0 spiro atoms. The first kappa shape index (κ1) is 11.8. The monoisotopic (exact) mass is 343 g/mol. The van der Waals surface area contributed by atoms with E-state index < -0.39 is 0 Å². The summed E-state index contributed by atoms with van der Waals surface area (Å²) in [5.74, 6) is 1.34. The minimum absolute atomic E-state index is 0.537. The van der Waals surface area contributed by atoms with Crippen LogP contribution in [0.4, 0.5) is 5.82 Å². The van der Waals surface area contributed by atoms with Crippen LogP contribution in [0.2, 0.25) is 0 Å². The Hall–Kier alpha value is -0.680. The SMILES string of the molecule is CCCc1nc(N)c2cc(Br)cc(Br)c2n1. The number of anilines is 1. The van der Waals surface area contributed by atoms with Crippen molar-refractivity contribution in [2.45, 2.75) is 19.8 Å². The summed E-state index contributed by atoms with van der Waals surface area (Å²) in [5, 5.41) is 0.876. The predicted octanol–water partition coefficient (Wildman–Crippen LogP) is 3.69. The predicted molar refractivity (Wildman–Crippen MR) is 73.3 cm³/mol. The lowest BCUT2D eigenvalue weighted by atomic mass is 10.2. The lowest BCUT2D eigenvalue weighted by Crippen LogP contribution is -2.01. The molecule has 0 amide bonds. The quantitative estimate of drug-likeness (QED) is 0.903. The summed E-state index contributed by atoms with van der Waals surface area (Å²) >= 11 is 6.92. The van der Waals surface area contributed by atoms with Gasteiger partial charge in [0.25, 0.3) is 0 Å². The van der Waals surface area contributed by atoms with Crippen LogP contribution in [0.5, 0.6) is 0 Å². The highest BCUT2D eigenvalue weighted by Crippen LogP contribution is 2.29. The number of aromatic nitrogens is 2. The van der Waals surface area contributed by atoms with Gasteiger partial charge in [0, 0.05) is 20.8 Å². The number of halogens is 2. The van der Waals surface area contributed by atoms with Crippen molar-refractivity contribution in [2.75, 3.05) is 5.73 Å². The Morgan fingerprint density at radius 3 is 2.69 bits per heavy atom. The number of rotatable bonds is 2. The van der Waals surface area contributed by atoms with E-state index in [9.17, 15) is 0 Å². The molecule has 0 unspecified atom stereocenters. The van der Waals surface area contributed by atoms with Crippen molar-refractivity contribution < 1.29 is 0 Å². The van der Waals surface area contributed by atoms with Gasteiger partial charge in [-0.3, -0.25) is 0 Å². The van der Waals surface area contributed by atoms with E-state index in [1.165, 1.54) is 0 Å². The number of nitrogens with two attached hydrogens (primary N) is 1. The van der Waals surface area contributed by atoms with Gasteiger partial charge >= 0.3 is 0 Å². The smallest absolute Gasteiger partial charge is 0.135 e. The number of benzene rings is 1. The molecule has 1 heterocycles. The number of aryl methyl sites for hydroxylation is 1. The summed E-state index contributed by atoms with van der Waals surface area (Å²) in [6, 6.07) is 3.90. The summed E-state index contributed by atoms with van der Waals surface area (Å²) in [7, 11) is 0. The first-order valence-corrected chi connectivity index (χ1v) is 6.61. The number of nitrogen functional groups attached to an aromatic ring is 1. The molecular formula is C11H11Br2N3. The third-order valence-corrected chi connectivity index (χ3v) is 3.33. The fraction of sp³-hybridized carbons (Fsp3) is 0.273. The van der Waals surface area contributed by atoms with Crippen molar-refractivity contribution in [1.29, 1.82) is 0 Å². The van der Waals surface area contributed by atoms with Crippen molar-refractivity contribution in [3.05, 3.63) is 26.9 Å². The molecule has 84 valence electrons. The van der Waals surface area contributed by atoms with Crippen LogP contribution in [0.1, 0.15) is 19.2 Å². The van der Waals surface area contributed by atoms with E-state index in [1.54, 1.807) is 0 Å². The van der Waals surface area contributed by atoms with Gasteiger partial charge in [0.15, 0.2) is 0 Å². The Morgan fingerprint density at radius 2 is 2.00 bits per heavy atom. The highest BCUT2D eigenvalue weighted by Gasteiger charge is 2.08. The molecular weight excluding hydrogens is 334 g/mol. The molecule has 3 nitrogen and oxygen atoms in total. The molecule has 0 fully saturated rings. The van der Waals surface area contributed by atoms with Gasteiger partial charge in [-0.25, -0.2) is 9.97 Å². The zero-order valence-electron chi connectivity index (χ0n) is 8.80. The summed E-state index contributed by atoms with van der Waals surface area (Å²) in [4.78, 5) is 8.81. The largest absolute Gasteiger partial charge is 0.383 e. The third-order valence-electron chi connectivity index (χ3n) is 2.27. The Kier molecular flexibility index (Phi) is 3.44. The van der Waals surface area contributed by atoms with E-state index in [2.05, 4.69) is 48.8 Å². The maximum absolute atomic E-state index is 5.93. The van der Waals surface area contributed by atoms with E-state index in [-0.39, 0.29) is 0 Å². The minimum Gasteiger partial charge on any atom is -0.383 e. The topological polar surface area (TPSA) is 51.8 Å². The van der Waals surface area contributed by atoms with Crippen LogP contribution in [0, 0.1) is 0 Å². The second kappa shape index (κ2) is 4.67. The zero-order chi connectivity index (χ0) is 11.7. The van der Waals surface area contributed by atoms with Crippen LogP contribution < -0.4 is 5.73 Å². The fourth-order valence-corrected chi connectivity index (χ4v) is 2.88.